The van der Waals surface area contributed by atoms with Gasteiger partial charge in [0, 0.05) is 19.5 Å². The zero-order chi connectivity index (χ0) is 18.4. The summed E-state index contributed by atoms with van der Waals surface area (Å²) in [5.41, 5.74) is 1.84. The van der Waals surface area contributed by atoms with Gasteiger partial charge in [0.2, 0.25) is 11.8 Å². The molecule has 132 valence electrons. The molecule has 0 aliphatic heterocycles. The van der Waals surface area contributed by atoms with Crippen LogP contribution in [0.4, 0.5) is 20.2 Å². The van der Waals surface area contributed by atoms with Gasteiger partial charge in [-0.1, -0.05) is 29.8 Å². The minimum Gasteiger partial charge on any atom is -0.374 e. The molecule has 0 radical (unpaired) electrons. The van der Waals surface area contributed by atoms with Crippen LogP contribution in [0, 0.1) is 18.6 Å². The van der Waals surface area contributed by atoms with Gasteiger partial charge in [-0.15, -0.1) is 0 Å². The summed E-state index contributed by atoms with van der Waals surface area (Å²) >= 11 is 0. The molecule has 2 aromatic rings. The third-order valence-electron chi connectivity index (χ3n) is 3.42. The Morgan fingerprint density at radius 3 is 2.28 bits per heavy atom. The van der Waals surface area contributed by atoms with Crippen LogP contribution in [0.3, 0.4) is 0 Å². The van der Waals surface area contributed by atoms with Crippen LogP contribution < -0.4 is 16.0 Å². The first-order chi connectivity index (χ1) is 11.8. The maximum atomic E-state index is 13.8. The molecule has 0 atom stereocenters. The number of benzene rings is 2. The highest BCUT2D eigenvalue weighted by molar-refractivity contribution is 5.89. The lowest BCUT2D eigenvalue weighted by Gasteiger charge is -2.11. The van der Waals surface area contributed by atoms with E-state index in [2.05, 4.69) is 16.0 Å². The van der Waals surface area contributed by atoms with Gasteiger partial charge in [-0.3, -0.25) is 9.59 Å². The number of nitrogens with one attached hydrogen (secondary N) is 3. The predicted octanol–water partition coefficient (Wildman–Crippen LogP) is 2.96. The molecular formula is C18H19F2N3O2. The molecule has 0 saturated carbocycles. The topological polar surface area (TPSA) is 70.2 Å². The van der Waals surface area contributed by atoms with Crippen molar-refractivity contribution in [3.05, 3.63) is 59.2 Å². The predicted molar refractivity (Wildman–Crippen MR) is 92.2 cm³/mol. The number of halogens is 2. The molecule has 0 bridgehead atoms. The van der Waals surface area contributed by atoms with Crippen molar-refractivity contribution < 1.29 is 18.4 Å². The summed E-state index contributed by atoms with van der Waals surface area (Å²) in [4.78, 5) is 22.9. The Morgan fingerprint density at radius 1 is 1.00 bits per heavy atom. The zero-order valence-corrected chi connectivity index (χ0v) is 14.0. The van der Waals surface area contributed by atoms with Crippen LogP contribution in [-0.2, 0) is 16.1 Å². The monoisotopic (exact) mass is 347 g/mol. The fourth-order valence-corrected chi connectivity index (χ4v) is 2.11. The van der Waals surface area contributed by atoms with E-state index in [4.69, 9.17) is 0 Å². The second-order valence-electron chi connectivity index (χ2n) is 5.61. The molecule has 0 aliphatic carbocycles. The van der Waals surface area contributed by atoms with Crippen molar-refractivity contribution in [1.29, 1.82) is 0 Å². The first-order valence-electron chi connectivity index (χ1n) is 7.68. The maximum Gasteiger partial charge on any atom is 0.239 e. The van der Waals surface area contributed by atoms with Gasteiger partial charge in [-0.05, 0) is 18.6 Å². The van der Waals surface area contributed by atoms with Crippen LogP contribution in [0.15, 0.2) is 36.4 Å². The highest BCUT2D eigenvalue weighted by atomic mass is 19.1. The number of anilines is 2. The first kappa shape index (κ1) is 18.4. The van der Waals surface area contributed by atoms with Crippen LogP contribution in [0.1, 0.15) is 18.1 Å². The molecule has 25 heavy (non-hydrogen) atoms. The van der Waals surface area contributed by atoms with E-state index in [1.807, 2.05) is 31.2 Å². The Kier molecular flexibility index (Phi) is 6.05. The molecule has 0 heterocycles. The minimum atomic E-state index is -0.887. The third kappa shape index (κ3) is 5.56. The van der Waals surface area contributed by atoms with E-state index in [1.165, 1.54) is 6.92 Å². The number of hydrogen-bond acceptors (Lipinski definition) is 3. The highest BCUT2D eigenvalue weighted by Gasteiger charge is 2.12. The van der Waals surface area contributed by atoms with Crippen LogP contribution in [0.2, 0.25) is 0 Å². The Morgan fingerprint density at radius 2 is 1.64 bits per heavy atom. The third-order valence-corrected chi connectivity index (χ3v) is 3.42. The first-order valence-corrected chi connectivity index (χ1v) is 7.68. The largest absolute Gasteiger partial charge is 0.374 e. The number of carbonyl (C=O) groups excluding carboxylic acids is 2. The second kappa shape index (κ2) is 8.23. The summed E-state index contributed by atoms with van der Waals surface area (Å²) in [6, 6.07) is 9.45. The van der Waals surface area contributed by atoms with Crippen molar-refractivity contribution in [3.63, 3.8) is 0 Å². The lowest BCUT2D eigenvalue weighted by Crippen LogP contribution is -2.29. The quantitative estimate of drug-likeness (QED) is 0.752. The van der Waals surface area contributed by atoms with Gasteiger partial charge in [0.15, 0.2) is 0 Å². The zero-order valence-electron chi connectivity index (χ0n) is 14.0. The number of hydrogen-bond donors (Lipinski definition) is 3. The fourth-order valence-electron chi connectivity index (χ4n) is 2.11. The maximum absolute atomic E-state index is 13.8. The van der Waals surface area contributed by atoms with Crippen molar-refractivity contribution in [2.24, 2.45) is 0 Å². The molecule has 5 nitrogen and oxygen atoms in total. The molecule has 0 saturated heterocycles. The minimum absolute atomic E-state index is 0.0735. The number of aryl methyl sites for hydroxylation is 1. The van der Waals surface area contributed by atoms with Crippen molar-refractivity contribution in [3.8, 4) is 0 Å². The van der Waals surface area contributed by atoms with E-state index in [0.717, 1.165) is 17.2 Å². The Bertz CT molecular complexity index is 777. The van der Waals surface area contributed by atoms with E-state index in [-0.39, 0.29) is 23.8 Å². The van der Waals surface area contributed by atoms with Gasteiger partial charge in [0.05, 0.1) is 17.9 Å². The fraction of sp³-hybridized carbons (Fsp3) is 0.222. The van der Waals surface area contributed by atoms with E-state index in [9.17, 15) is 18.4 Å². The molecule has 2 aromatic carbocycles. The summed E-state index contributed by atoms with van der Waals surface area (Å²) in [6.07, 6.45) is 0. The van der Waals surface area contributed by atoms with Gasteiger partial charge < -0.3 is 16.0 Å². The van der Waals surface area contributed by atoms with Gasteiger partial charge in [-0.2, -0.15) is 0 Å². The van der Waals surface area contributed by atoms with Crippen molar-refractivity contribution in [2.75, 3.05) is 17.2 Å². The smallest absolute Gasteiger partial charge is 0.239 e. The van der Waals surface area contributed by atoms with Gasteiger partial charge in [-0.25, -0.2) is 8.78 Å². The molecule has 0 fully saturated rings. The summed E-state index contributed by atoms with van der Waals surface area (Å²) in [6.45, 7) is 3.35. The van der Waals surface area contributed by atoms with Crippen LogP contribution >= 0.6 is 0 Å². The molecule has 0 aliphatic rings. The summed E-state index contributed by atoms with van der Waals surface area (Å²) in [5.74, 6) is -2.56. The van der Waals surface area contributed by atoms with E-state index >= 15 is 0 Å². The average molecular weight is 347 g/mol. The van der Waals surface area contributed by atoms with Gasteiger partial charge in [0.1, 0.15) is 11.6 Å². The molecule has 0 spiro atoms. The summed E-state index contributed by atoms with van der Waals surface area (Å²) in [5, 5.41) is 7.55. The van der Waals surface area contributed by atoms with Gasteiger partial charge >= 0.3 is 0 Å². The summed E-state index contributed by atoms with van der Waals surface area (Å²) < 4.78 is 27.3. The Labute approximate surface area is 144 Å². The second-order valence-corrected chi connectivity index (χ2v) is 5.61. The SMILES string of the molecule is CC(=O)Nc1cc(NCC(=O)NCc2ccc(C)cc2)c(F)cc1F. The molecule has 0 unspecified atom stereocenters. The molecule has 0 aromatic heterocycles. The molecule has 2 rings (SSSR count). The molecule has 7 heteroatoms. The van der Waals surface area contributed by atoms with Crippen LogP contribution in [-0.4, -0.2) is 18.4 Å². The van der Waals surface area contributed by atoms with E-state index in [1.54, 1.807) is 0 Å². The molecule has 2 amide bonds. The molecule has 3 N–H and O–H groups in total. The number of rotatable bonds is 6. The van der Waals surface area contributed by atoms with Crippen molar-refractivity contribution in [1.82, 2.24) is 5.32 Å². The standard InChI is InChI=1S/C18H19F2N3O2/c1-11-3-5-13(6-4-11)9-22-18(25)10-21-16-8-17(23-12(2)24)15(20)7-14(16)19/h3-8,21H,9-10H2,1-2H3,(H,22,25)(H,23,24). The summed E-state index contributed by atoms with van der Waals surface area (Å²) in [7, 11) is 0. The number of amides is 2. The number of carbonyl (C=O) groups is 2. The lowest BCUT2D eigenvalue weighted by molar-refractivity contribution is -0.119. The van der Waals surface area contributed by atoms with E-state index < -0.39 is 17.5 Å². The molecular weight excluding hydrogens is 328 g/mol. The Hall–Kier alpha value is -2.96. The van der Waals surface area contributed by atoms with E-state index in [0.29, 0.717) is 12.6 Å². The van der Waals surface area contributed by atoms with Crippen molar-refractivity contribution >= 4 is 23.2 Å². The van der Waals surface area contributed by atoms with Crippen LogP contribution in [0.5, 0.6) is 0 Å². The van der Waals surface area contributed by atoms with Crippen molar-refractivity contribution in [2.45, 2.75) is 20.4 Å². The Balaban J connectivity index is 1.92. The normalized spacial score (nSPS) is 10.2. The highest BCUT2D eigenvalue weighted by Crippen LogP contribution is 2.23. The average Bonchev–Trinajstić information content (AvgIpc) is 2.55. The van der Waals surface area contributed by atoms with Crippen LogP contribution in [0.25, 0.3) is 0 Å². The van der Waals surface area contributed by atoms with Gasteiger partial charge in [0.25, 0.3) is 0 Å². The lowest BCUT2D eigenvalue weighted by atomic mass is 10.1.